The normalized spacial score (nSPS) is 15.4. The van der Waals surface area contributed by atoms with E-state index in [9.17, 15) is 13.2 Å². The van der Waals surface area contributed by atoms with Crippen molar-refractivity contribution in [3.63, 3.8) is 0 Å². The number of aromatic amines is 1. The van der Waals surface area contributed by atoms with Crippen molar-refractivity contribution in [3.8, 4) is 0 Å². The highest BCUT2D eigenvalue weighted by atomic mass is 32.2. The number of sulfone groups is 1. The number of carbonyl (C=O) groups is 1. The summed E-state index contributed by atoms with van der Waals surface area (Å²) in [5.41, 5.74) is 5.36. The van der Waals surface area contributed by atoms with Gasteiger partial charge < -0.3 is 9.88 Å². The summed E-state index contributed by atoms with van der Waals surface area (Å²) in [5.74, 6) is -0.0415. The second-order valence-electron chi connectivity index (χ2n) is 8.34. The third-order valence-corrected chi connectivity index (χ3v) is 7.42. The van der Waals surface area contributed by atoms with Crippen LogP contribution >= 0.6 is 0 Å². The summed E-state index contributed by atoms with van der Waals surface area (Å²) in [7, 11) is -1.44. The lowest BCUT2D eigenvalue weighted by atomic mass is 10.0. The van der Waals surface area contributed by atoms with Gasteiger partial charge in [-0.25, -0.2) is 8.42 Å². The van der Waals surface area contributed by atoms with Gasteiger partial charge in [0.05, 0.1) is 10.9 Å². The van der Waals surface area contributed by atoms with Crippen molar-refractivity contribution >= 4 is 26.6 Å². The summed E-state index contributed by atoms with van der Waals surface area (Å²) in [5, 5.41) is 1.16. The van der Waals surface area contributed by atoms with Crippen molar-refractivity contribution < 1.29 is 13.2 Å². The van der Waals surface area contributed by atoms with E-state index in [1.807, 2.05) is 25.1 Å². The summed E-state index contributed by atoms with van der Waals surface area (Å²) in [4.78, 5) is 18.7. The molecular weight excluding hydrogens is 396 g/mol. The molecule has 0 fully saturated rings. The van der Waals surface area contributed by atoms with Crippen molar-refractivity contribution in [1.82, 2.24) is 9.88 Å². The molecule has 1 N–H and O–H groups in total. The molecule has 0 saturated carbocycles. The van der Waals surface area contributed by atoms with Crippen LogP contribution in [0.1, 0.15) is 59.4 Å². The van der Waals surface area contributed by atoms with Gasteiger partial charge in [0.1, 0.15) is 0 Å². The lowest BCUT2D eigenvalue weighted by Gasteiger charge is -2.25. The first-order valence-corrected chi connectivity index (χ1v) is 12.4. The van der Waals surface area contributed by atoms with E-state index >= 15 is 0 Å². The van der Waals surface area contributed by atoms with Crippen LogP contribution in [0.25, 0.3) is 10.9 Å². The molecule has 2 aromatic carbocycles. The Morgan fingerprint density at radius 3 is 2.43 bits per heavy atom. The molecule has 0 radical (unpaired) electrons. The molecule has 6 heteroatoms. The molecule has 1 amide bonds. The molecule has 4 rings (SSSR count). The van der Waals surface area contributed by atoms with Crippen LogP contribution in [0.3, 0.4) is 0 Å². The van der Waals surface area contributed by atoms with Crippen LogP contribution < -0.4 is 0 Å². The fraction of sp³-hybridized carbons (Fsp3) is 0.375. The molecule has 0 spiro atoms. The average Bonchev–Trinajstić information content (AvgIpc) is 2.91. The van der Waals surface area contributed by atoms with Gasteiger partial charge in [0.25, 0.3) is 5.91 Å². The van der Waals surface area contributed by atoms with Crippen molar-refractivity contribution in [2.24, 2.45) is 0 Å². The van der Waals surface area contributed by atoms with Gasteiger partial charge in [-0.1, -0.05) is 18.6 Å². The van der Waals surface area contributed by atoms with E-state index in [0.29, 0.717) is 5.56 Å². The Kier molecular flexibility index (Phi) is 5.45. The molecule has 30 heavy (non-hydrogen) atoms. The topological polar surface area (TPSA) is 70.2 Å². The summed E-state index contributed by atoms with van der Waals surface area (Å²) in [6.45, 7) is 1.95. The number of nitrogens with one attached hydrogen (secondary N) is 1. The molecule has 1 aliphatic carbocycles. The first kappa shape index (κ1) is 20.7. The second-order valence-corrected chi connectivity index (χ2v) is 10.4. The monoisotopic (exact) mass is 424 g/mol. The van der Waals surface area contributed by atoms with Gasteiger partial charge in [-0.2, -0.15) is 0 Å². The maximum Gasteiger partial charge on any atom is 0.254 e. The Labute approximate surface area is 178 Å². The summed E-state index contributed by atoms with van der Waals surface area (Å²) >= 11 is 0. The number of fused-ring (bicyclic) bond motifs is 3. The number of amides is 1. The molecule has 158 valence electrons. The third kappa shape index (κ3) is 3.88. The standard InChI is InChI=1S/C24H28N2O3S/c1-16(17-9-12-19(13-10-17)30(3,28)29)26(2)24(27)18-11-14-23-21(15-18)20-7-5-4-6-8-22(20)25-23/h9-16,25H,4-8H2,1-3H3. The van der Waals surface area contributed by atoms with Gasteiger partial charge in [0.2, 0.25) is 0 Å². The van der Waals surface area contributed by atoms with Gasteiger partial charge in [-0.05, 0) is 74.1 Å². The Bertz CT molecular complexity index is 1190. The average molecular weight is 425 g/mol. The number of rotatable bonds is 4. The minimum Gasteiger partial charge on any atom is -0.358 e. The Morgan fingerprint density at radius 2 is 1.73 bits per heavy atom. The van der Waals surface area contributed by atoms with Crippen LogP contribution in [0.4, 0.5) is 0 Å². The zero-order valence-corrected chi connectivity index (χ0v) is 18.6. The molecule has 0 aliphatic heterocycles. The number of aryl methyl sites for hydroxylation is 2. The molecule has 1 atom stereocenters. The van der Waals surface area contributed by atoms with Gasteiger partial charge in [0.15, 0.2) is 9.84 Å². The minimum absolute atomic E-state index is 0.0415. The van der Waals surface area contributed by atoms with E-state index in [-0.39, 0.29) is 16.8 Å². The van der Waals surface area contributed by atoms with E-state index in [0.717, 1.165) is 29.3 Å². The molecule has 3 aromatic rings. The summed E-state index contributed by atoms with van der Waals surface area (Å²) in [6, 6.07) is 12.5. The number of hydrogen-bond donors (Lipinski definition) is 1. The lowest BCUT2D eigenvalue weighted by Crippen LogP contribution is -2.29. The number of carbonyl (C=O) groups excluding carboxylic acids is 1. The molecule has 1 unspecified atom stereocenters. The maximum atomic E-state index is 13.2. The number of nitrogens with zero attached hydrogens (tertiary/aromatic N) is 1. The molecule has 5 nitrogen and oxygen atoms in total. The highest BCUT2D eigenvalue weighted by Gasteiger charge is 2.21. The zero-order valence-electron chi connectivity index (χ0n) is 17.7. The number of benzene rings is 2. The number of hydrogen-bond acceptors (Lipinski definition) is 3. The largest absolute Gasteiger partial charge is 0.358 e. The van der Waals surface area contributed by atoms with Gasteiger partial charge in [0, 0.05) is 35.5 Å². The van der Waals surface area contributed by atoms with Gasteiger partial charge in [-0.15, -0.1) is 0 Å². The van der Waals surface area contributed by atoms with Crippen molar-refractivity contribution in [3.05, 3.63) is 64.8 Å². The number of aromatic nitrogens is 1. The van der Waals surface area contributed by atoms with Crippen molar-refractivity contribution in [2.45, 2.75) is 50.0 Å². The summed E-state index contributed by atoms with van der Waals surface area (Å²) < 4.78 is 23.4. The van der Waals surface area contributed by atoms with Crippen LogP contribution in [0, 0.1) is 0 Å². The second kappa shape index (κ2) is 7.91. The van der Waals surface area contributed by atoms with Crippen LogP contribution in [-0.4, -0.2) is 37.5 Å². The van der Waals surface area contributed by atoms with Crippen LogP contribution in [0.15, 0.2) is 47.4 Å². The molecule has 1 aromatic heterocycles. The van der Waals surface area contributed by atoms with E-state index in [4.69, 9.17) is 0 Å². The highest BCUT2D eigenvalue weighted by Crippen LogP contribution is 2.30. The fourth-order valence-electron chi connectivity index (χ4n) is 4.31. The smallest absolute Gasteiger partial charge is 0.254 e. The predicted molar refractivity (Wildman–Crippen MR) is 120 cm³/mol. The third-order valence-electron chi connectivity index (χ3n) is 6.29. The van der Waals surface area contributed by atoms with Crippen LogP contribution in [0.2, 0.25) is 0 Å². The minimum atomic E-state index is -3.23. The molecule has 1 heterocycles. The van der Waals surface area contributed by atoms with Crippen LogP contribution in [0.5, 0.6) is 0 Å². The maximum absolute atomic E-state index is 13.2. The Balaban J connectivity index is 1.60. The molecule has 0 bridgehead atoms. The van der Waals surface area contributed by atoms with Gasteiger partial charge in [-0.3, -0.25) is 4.79 Å². The quantitative estimate of drug-likeness (QED) is 0.619. The van der Waals surface area contributed by atoms with Gasteiger partial charge >= 0.3 is 0 Å². The van der Waals surface area contributed by atoms with Crippen molar-refractivity contribution in [1.29, 1.82) is 0 Å². The Hall–Kier alpha value is -2.60. The zero-order chi connectivity index (χ0) is 21.5. The summed E-state index contributed by atoms with van der Waals surface area (Å²) in [6.07, 6.45) is 6.99. The highest BCUT2D eigenvalue weighted by molar-refractivity contribution is 7.90. The molecule has 1 aliphatic rings. The van der Waals surface area contributed by atoms with E-state index in [1.165, 1.54) is 36.8 Å². The SMILES string of the molecule is CC(c1ccc(S(C)(=O)=O)cc1)N(C)C(=O)c1ccc2[nH]c3c(c2c1)CCCCC3. The Morgan fingerprint density at radius 1 is 1.03 bits per heavy atom. The van der Waals surface area contributed by atoms with E-state index in [2.05, 4.69) is 4.98 Å². The fourth-order valence-corrected chi connectivity index (χ4v) is 4.94. The lowest BCUT2D eigenvalue weighted by molar-refractivity contribution is 0.0742. The van der Waals surface area contributed by atoms with Crippen LogP contribution in [-0.2, 0) is 22.7 Å². The van der Waals surface area contributed by atoms with Crippen molar-refractivity contribution in [2.75, 3.05) is 13.3 Å². The first-order valence-electron chi connectivity index (χ1n) is 10.5. The first-order chi connectivity index (χ1) is 14.3. The molecular formula is C24H28N2O3S. The van der Waals surface area contributed by atoms with E-state index in [1.54, 1.807) is 36.2 Å². The molecule has 0 saturated heterocycles. The number of H-pyrrole nitrogens is 1. The predicted octanol–water partition coefficient (Wildman–Crippen LogP) is 4.67. The van der Waals surface area contributed by atoms with E-state index < -0.39 is 9.84 Å².